The second-order valence-electron chi connectivity index (χ2n) is 7.26. The van der Waals surface area contributed by atoms with Crippen molar-refractivity contribution in [3.8, 4) is 0 Å². The molecule has 3 atom stereocenters. The average molecular weight is 353 g/mol. The van der Waals surface area contributed by atoms with Crippen LogP contribution in [0.1, 0.15) is 37.2 Å². The highest BCUT2D eigenvalue weighted by Gasteiger charge is 2.47. The summed E-state index contributed by atoms with van der Waals surface area (Å²) in [6.45, 7) is 1.34. The first-order valence-electron chi connectivity index (χ1n) is 9.44. The van der Waals surface area contributed by atoms with Crippen LogP contribution < -0.4 is 5.32 Å². The number of halogens is 1. The van der Waals surface area contributed by atoms with Crippen molar-refractivity contribution in [2.45, 2.75) is 37.6 Å². The normalized spacial score (nSPS) is 25.0. The molecular weight excluding hydrogens is 329 g/mol. The Kier molecular flexibility index (Phi) is 4.87. The average Bonchev–Trinajstić information content (AvgIpc) is 3.49. The topological polar surface area (TPSA) is 45.2 Å². The molecule has 2 aromatic rings. The van der Waals surface area contributed by atoms with Crippen molar-refractivity contribution in [3.63, 3.8) is 0 Å². The fourth-order valence-corrected chi connectivity index (χ4v) is 3.98. The van der Waals surface area contributed by atoms with Gasteiger partial charge in [0.1, 0.15) is 0 Å². The molecule has 136 valence electrons. The van der Waals surface area contributed by atoms with E-state index >= 15 is 0 Å². The molecule has 1 aromatic heterocycles. The largest absolute Gasteiger partial charge is 0.366 e. The molecule has 1 aliphatic heterocycles. The number of amides is 1. The highest BCUT2D eigenvalue weighted by Crippen LogP contribution is 2.48. The Hall–Kier alpha value is -2.43. The van der Waals surface area contributed by atoms with E-state index < -0.39 is 0 Å². The second kappa shape index (κ2) is 7.44. The molecule has 2 heterocycles. The van der Waals surface area contributed by atoms with E-state index in [1.807, 2.05) is 23.1 Å². The number of nitrogens with zero attached hydrogens (tertiary/aromatic N) is 2. The van der Waals surface area contributed by atoms with Gasteiger partial charge in [-0.05, 0) is 49.3 Å². The standard InChI is InChI=1S/C21H24FN3O/c22-19-10-6-11-23-20(19)24-14-16-9-4-5-12-25(16)21(26)18-13-17(18)15-7-2-1-3-8-15/h1-3,6-8,10-11,16-18H,4-5,9,12-14H2,(H,23,24). The van der Waals surface area contributed by atoms with Crippen molar-refractivity contribution < 1.29 is 9.18 Å². The van der Waals surface area contributed by atoms with Crippen LogP contribution in [0.15, 0.2) is 48.7 Å². The van der Waals surface area contributed by atoms with Crippen LogP contribution >= 0.6 is 0 Å². The van der Waals surface area contributed by atoms with Crippen molar-refractivity contribution in [2.24, 2.45) is 5.92 Å². The number of piperidine rings is 1. The van der Waals surface area contributed by atoms with E-state index in [9.17, 15) is 9.18 Å². The number of likely N-dealkylation sites (tertiary alicyclic amines) is 1. The van der Waals surface area contributed by atoms with Crippen LogP contribution in [0.4, 0.5) is 10.2 Å². The lowest BCUT2D eigenvalue weighted by Gasteiger charge is -2.36. The van der Waals surface area contributed by atoms with Crippen molar-refractivity contribution in [2.75, 3.05) is 18.4 Å². The Labute approximate surface area is 153 Å². The number of rotatable bonds is 5. The Morgan fingerprint density at radius 2 is 2.04 bits per heavy atom. The zero-order chi connectivity index (χ0) is 17.9. The highest BCUT2D eigenvalue weighted by molar-refractivity contribution is 5.83. The molecule has 4 nitrogen and oxygen atoms in total. The van der Waals surface area contributed by atoms with E-state index in [0.29, 0.717) is 12.5 Å². The minimum absolute atomic E-state index is 0.101. The maximum absolute atomic E-state index is 13.8. The fourth-order valence-electron chi connectivity index (χ4n) is 3.98. The Balaban J connectivity index is 1.40. The Morgan fingerprint density at radius 1 is 1.19 bits per heavy atom. The van der Waals surface area contributed by atoms with Crippen LogP contribution in [-0.2, 0) is 4.79 Å². The quantitative estimate of drug-likeness (QED) is 0.889. The first-order valence-corrected chi connectivity index (χ1v) is 9.44. The van der Waals surface area contributed by atoms with Gasteiger partial charge in [0.2, 0.25) is 5.91 Å². The predicted octanol–water partition coefficient (Wildman–Crippen LogP) is 3.82. The van der Waals surface area contributed by atoms with Crippen LogP contribution in [-0.4, -0.2) is 34.9 Å². The molecule has 1 amide bonds. The lowest BCUT2D eigenvalue weighted by molar-refractivity contribution is -0.136. The summed E-state index contributed by atoms with van der Waals surface area (Å²) in [5.41, 5.74) is 1.26. The van der Waals surface area contributed by atoms with E-state index in [0.717, 1.165) is 32.2 Å². The van der Waals surface area contributed by atoms with Gasteiger partial charge in [0.05, 0.1) is 0 Å². The molecule has 26 heavy (non-hydrogen) atoms. The van der Waals surface area contributed by atoms with Crippen LogP contribution in [0.3, 0.4) is 0 Å². The number of aromatic nitrogens is 1. The number of pyridine rings is 1. The predicted molar refractivity (Wildman–Crippen MR) is 99.3 cm³/mol. The summed E-state index contributed by atoms with van der Waals surface area (Å²) in [5, 5.41) is 3.09. The smallest absolute Gasteiger partial charge is 0.226 e. The van der Waals surface area contributed by atoms with Crippen LogP contribution in [0.2, 0.25) is 0 Å². The maximum atomic E-state index is 13.8. The maximum Gasteiger partial charge on any atom is 0.226 e. The minimum atomic E-state index is -0.354. The zero-order valence-electron chi connectivity index (χ0n) is 14.8. The van der Waals surface area contributed by atoms with Gasteiger partial charge in [0.25, 0.3) is 0 Å². The molecule has 1 aliphatic carbocycles. The number of carbonyl (C=O) groups is 1. The van der Waals surface area contributed by atoms with E-state index in [1.165, 1.54) is 11.6 Å². The van der Waals surface area contributed by atoms with Gasteiger partial charge >= 0.3 is 0 Å². The first kappa shape index (κ1) is 17.0. The Bertz CT molecular complexity index is 767. The van der Waals surface area contributed by atoms with Crippen LogP contribution in [0.25, 0.3) is 0 Å². The molecule has 1 N–H and O–H groups in total. The van der Waals surface area contributed by atoms with Gasteiger partial charge in [-0.3, -0.25) is 4.79 Å². The van der Waals surface area contributed by atoms with Gasteiger partial charge in [-0.25, -0.2) is 9.37 Å². The number of hydrogen-bond acceptors (Lipinski definition) is 3. The molecule has 0 bridgehead atoms. The summed E-state index contributed by atoms with van der Waals surface area (Å²) >= 11 is 0. The number of benzene rings is 1. The summed E-state index contributed by atoms with van der Waals surface area (Å²) in [6, 6.07) is 13.4. The molecule has 2 fully saturated rings. The molecular formula is C21H24FN3O. The number of hydrogen-bond donors (Lipinski definition) is 1. The molecule has 0 spiro atoms. The van der Waals surface area contributed by atoms with Crippen LogP contribution in [0.5, 0.6) is 0 Å². The minimum Gasteiger partial charge on any atom is -0.366 e. The summed E-state index contributed by atoms with van der Waals surface area (Å²) in [7, 11) is 0. The number of carbonyl (C=O) groups excluding carboxylic acids is 1. The SMILES string of the molecule is O=C(C1CC1c1ccccc1)N1CCCCC1CNc1ncccc1F. The van der Waals surface area contributed by atoms with Gasteiger partial charge < -0.3 is 10.2 Å². The third kappa shape index (κ3) is 3.57. The molecule has 1 saturated carbocycles. The summed E-state index contributed by atoms with van der Waals surface area (Å²) in [5.74, 6) is 0.621. The van der Waals surface area contributed by atoms with Gasteiger partial charge in [0.15, 0.2) is 11.6 Å². The summed E-state index contributed by atoms with van der Waals surface area (Å²) in [6.07, 6.45) is 5.62. The van der Waals surface area contributed by atoms with Gasteiger partial charge in [-0.1, -0.05) is 30.3 Å². The van der Waals surface area contributed by atoms with E-state index in [4.69, 9.17) is 0 Å². The van der Waals surface area contributed by atoms with Crippen LogP contribution in [0, 0.1) is 11.7 Å². The van der Waals surface area contributed by atoms with Gasteiger partial charge in [-0.2, -0.15) is 0 Å². The first-order chi connectivity index (χ1) is 12.7. The molecule has 1 saturated heterocycles. The highest BCUT2D eigenvalue weighted by atomic mass is 19.1. The molecule has 4 rings (SSSR count). The number of nitrogens with one attached hydrogen (secondary N) is 1. The monoisotopic (exact) mass is 353 g/mol. The lowest BCUT2D eigenvalue weighted by Crippen LogP contribution is -2.48. The summed E-state index contributed by atoms with van der Waals surface area (Å²) in [4.78, 5) is 19.1. The number of anilines is 1. The van der Waals surface area contributed by atoms with Crippen molar-refractivity contribution in [1.29, 1.82) is 0 Å². The zero-order valence-corrected chi connectivity index (χ0v) is 14.8. The third-order valence-corrected chi connectivity index (χ3v) is 5.51. The van der Waals surface area contributed by atoms with Gasteiger partial charge in [-0.15, -0.1) is 0 Å². The van der Waals surface area contributed by atoms with Crippen molar-refractivity contribution >= 4 is 11.7 Å². The van der Waals surface area contributed by atoms with E-state index in [1.54, 1.807) is 12.3 Å². The third-order valence-electron chi connectivity index (χ3n) is 5.51. The molecule has 3 unspecified atom stereocenters. The molecule has 1 aromatic carbocycles. The van der Waals surface area contributed by atoms with Crippen molar-refractivity contribution in [3.05, 3.63) is 60.0 Å². The second-order valence-corrected chi connectivity index (χ2v) is 7.26. The fraction of sp³-hybridized carbons (Fsp3) is 0.429. The van der Waals surface area contributed by atoms with E-state index in [2.05, 4.69) is 22.4 Å². The Morgan fingerprint density at radius 3 is 2.85 bits per heavy atom. The lowest BCUT2D eigenvalue weighted by atomic mass is 10.0. The van der Waals surface area contributed by atoms with Crippen molar-refractivity contribution in [1.82, 2.24) is 9.88 Å². The van der Waals surface area contributed by atoms with E-state index in [-0.39, 0.29) is 29.5 Å². The molecule has 0 radical (unpaired) electrons. The summed E-state index contributed by atoms with van der Waals surface area (Å²) < 4.78 is 13.8. The molecule has 2 aliphatic rings. The van der Waals surface area contributed by atoms with Gasteiger partial charge in [0, 0.05) is 31.2 Å². The molecule has 5 heteroatoms.